The Labute approximate surface area is 297 Å². The van der Waals surface area contributed by atoms with Crippen LogP contribution in [0.3, 0.4) is 0 Å². The molecule has 1 aliphatic rings. The zero-order valence-electron chi connectivity index (χ0n) is 28.3. The van der Waals surface area contributed by atoms with Gasteiger partial charge >= 0.3 is 5.97 Å². The fourth-order valence-electron chi connectivity index (χ4n) is 6.02. The van der Waals surface area contributed by atoms with Crippen LogP contribution in [0.5, 0.6) is 11.5 Å². The van der Waals surface area contributed by atoms with E-state index in [1.165, 1.54) is 30.1 Å². The van der Waals surface area contributed by atoms with Crippen molar-refractivity contribution in [2.75, 3.05) is 51.5 Å². The topological polar surface area (TPSA) is 133 Å². The molecular formula is C37H42ClN3O8S. The Morgan fingerprint density at radius 1 is 0.940 bits per heavy atom. The molecule has 0 aliphatic carbocycles. The van der Waals surface area contributed by atoms with Crippen LogP contribution in [0.25, 0.3) is 10.9 Å². The van der Waals surface area contributed by atoms with E-state index >= 15 is 0 Å². The molecule has 3 aromatic carbocycles. The van der Waals surface area contributed by atoms with Gasteiger partial charge in [0.05, 0.1) is 31.4 Å². The van der Waals surface area contributed by atoms with Gasteiger partial charge in [0, 0.05) is 34.8 Å². The maximum absolute atomic E-state index is 13.5. The highest BCUT2D eigenvalue weighted by Gasteiger charge is 2.23. The number of hydrogen-bond acceptors (Lipinski definition) is 9. The number of nitrogens with zero attached hydrogens (tertiary/aromatic N) is 2. The third-order valence-corrected chi connectivity index (χ3v) is 10.3. The van der Waals surface area contributed by atoms with Crippen molar-refractivity contribution in [2.45, 2.75) is 39.2 Å². The van der Waals surface area contributed by atoms with Gasteiger partial charge in [0.2, 0.25) is 5.91 Å². The first kappa shape index (κ1) is 36.9. The minimum atomic E-state index is -3.84. The van der Waals surface area contributed by atoms with Crippen molar-refractivity contribution >= 4 is 50.1 Å². The average molecular weight is 724 g/mol. The second-order valence-corrected chi connectivity index (χ2v) is 14.9. The molecule has 0 bridgehead atoms. The molecule has 1 saturated heterocycles. The summed E-state index contributed by atoms with van der Waals surface area (Å²) in [6.07, 6.45) is 2.77. The summed E-state index contributed by atoms with van der Waals surface area (Å²) in [5.41, 5.74) is 3.26. The van der Waals surface area contributed by atoms with E-state index in [1.807, 2.05) is 18.2 Å². The highest BCUT2D eigenvalue weighted by atomic mass is 35.5. The number of likely N-dealkylation sites (tertiary alicyclic amines) is 1. The van der Waals surface area contributed by atoms with Crippen molar-refractivity contribution in [1.29, 1.82) is 0 Å². The third kappa shape index (κ3) is 9.86. The van der Waals surface area contributed by atoms with Crippen LogP contribution in [0.4, 0.5) is 0 Å². The van der Waals surface area contributed by atoms with Gasteiger partial charge in [0.1, 0.15) is 23.9 Å². The van der Waals surface area contributed by atoms with Crippen molar-refractivity contribution in [3.63, 3.8) is 0 Å². The van der Waals surface area contributed by atoms with Crippen LogP contribution in [0.2, 0.25) is 5.02 Å². The van der Waals surface area contributed by atoms with Crippen LogP contribution in [0, 0.1) is 6.92 Å². The number of esters is 1. The molecule has 266 valence electrons. The Morgan fingerprint density at radius 3 is 2.44 bits per heavy atom. The molecule has 0 spiro atoms. The molecule has 1 aromatic heterocycles. The van der Waals surface area contributed by atoms with Gasteiger partial charge in [-0.2, -0.15) is 0 Å². The van der Waals surface area contributed by atoms with E-state index in [1.54, 1.807) is 49.4 Å². The number of carbonyl (C=O) groups excluding carboxylic acids is 3. The molecule has 1 amide bonds. The second kappa shape index (κ2) is 17.0. The van der Waals surface area contributed by atoms with Gasteiger partial charge in [-0.25, -0.2) is 8.42 Å². The number of fused-ring (bicyclic) bond motifs is 1. The van der Waals surface area contributed by atoms with Crippen LogP contribution < -0.4 is 14.8 Å². The average Bonchev–Trinajstić information content (AvgIpc) is 3.69. The fourth-order valence-corrected chi connectivity index (χ4v) is 7.13. The zero-order chi connectivity index (χ0) is 35.7. The minimum Gasteiger partial charge on any atom is -0.497 e. The smallest absolute Gasteiger partial charge is 0.310 e. The summed E-state index contributed by atoms with van der Waals surface area (Å²) in [6, 6.07) is 19.7. The Balaban J connectivity index is 1.08. The third-order valence-electron chi connectivity index (χ3n) is 8.58. The number of nitrogens with one attached hydrogen (secondary N) is 1. The van der Waals surface area contributed by atoms with Crippen LogP contribution >= 0.6 is 11.6 Å². The summed E-state index contributed by atoms with van der Waals surface area (Å²) in [5.74, 6) is -1.53. The number of rotatable bonds is 16. The van der Waals surface area contributed by atoms with Crippen molar-refractivity contribution < 1.29 is 37.0 Å². The molecule has 0 unspecified atom stereocenters. The summed E-state index contributed by atoms with van der Waals surface area (Å²) in [4.78, 5) is 41.2. The first-order chi connectivity index (χ1) is 24.0. The van der Waals surface area contributed by atoms with Crippen molar-refractivity contribution in [1.82, 2.24) is 14.8 Å². The largest absolute Gasteiger partial charge is 0.497 e. The second-order valence-electron chi connectivity index (χ2n) is 12.3. The molecule has 4 aromatic rings. The Hall–Kier alpha value is -4.39. The number of benzene rings is 3. The monoisotopic (exact) mass is 723 g/mol. The molecule has 50 heavy (non-hydrogen) atoms. The number of carbonyl (C=O) groups is 3. The summed E-state index contributed by atoms with van der Waals surface area (Å²) in [7, 11) is -2.32. The molecule has 0 radical (unpaired) electrons. The maximum Gasteiger partial charge on any atom is 0.310 e. The Kier molecular flexibility index (Phi) is 12.6. The predicted molar refractivity (Wildman–Crippen MR) is 192 cm³/mol. The molecule has 1 aliphatic heterocycles. The van der Waals surface area contributed by atoms with E-state index in [9.17, 15) is 22.8 Å². The quantitative estimate of drug-likeness (QED) is 0.126. The molecule has 0 atom stereocenters. The standard InChI is InChI=1S/C37H42ClN3O8S/c1-26-32(33-22-30(47-2)13-14-34(33)41(26)37(44)28-9-11-29(38)12-10-28)23-36(43)49-19-20-50(45,46)25-35(42)39-15-6-18-48-31-8-5-7-27(21-31)24-40-16-3-4-17-40/h5,7-14,21-22H,3-4,6,15-20,23-25H2,1-2H3,(H,39,42). The molecule has 11 nitrogen and oxygen atoms in total. The lowest BCUT2D eigenvalue weighted by Gasteiger charge is -2.15. The Bertz CT molecular complexity index is 1940. The Morgan fingerprint density at radius 2 is 1.70 bits per heavy atom. The van der Waals surface area contributed by atoms with E-state index in [0.717, 1.165) is 25.4 Å². The van der Waals surface area contributed by atoms with Gasteiger partial charge in [0.25, 0.3) is 5.91 Å². The van der Waals surface area contributed by atoms with Crippen LogP contribution in [-0.2, 0) is 37.1 Å². The van der Waals surface area contributed by atoms with E-state index in [-0.39, 0.29) is 18.9 Å². The summed E-state index contributed by atoms with van der Waals surface area (Å²) < 4.78 is 43.2. The van der Waals surface area contributed by atoms with Crippen molar-refractivity contribution in [2.24, 2.45) is 0 Å². The molecular weight excluding hydrogens is 682 g/mol. The summed E-state index contributed by atoms with van der Waals surface area (Å²) in [5, 5.41) is 3.74. The molecule has 5 rings (SSSR count). The highest BCUT2D eigenvalue weighted by molar-refractivity contribution is 7.92. The summed E-state index contributed by atoms with van der Waals surface area (Å²) in [6.45, 7) is 5.08. The van der Waals surface area contributed by atoms with E-state index < -0.39 is 39.8 Å². The zero-order valence-corrected chi connectivity index (χ0v) is 29.9. The van der Waals surface area contributed by atoms with Crippen LogP contribution in [-0.4, -0.2) is 87.1 Å². The van der Waals surface area contributed by atoms with Gasteiger partial charge in [-0.1, -0.05) is 23.7 Å². The van der Waals surface area contributed by atoms with Crippen molar-refractivity contribution in [3.8, 4) is 11.5 Å². The van der Waals surface area contributed by atoms with Gasteiger partial charge in [-0.3, -0.25) is 23.9 Å². The predicted octanol–water partition coefficient (Wildman–Crippen LogP) is 4.98. The summed E-state index contributed by atoms with van der Waals surface area (Å²) >= 11 is 6.00. The molecule has 13 heteroatoms. The molecule has 0 saturated carbocycles. The number of hydrogen-bond donors (Lipinski definition) is 1. The van der Waals surface area contributed by atoms with E-state index in [4.69, 9.17) is 25.8 Å². The number of aromatic nitrogens is 1. The molecule has 1 fully saturated rings. The van der Waals surface area contributed by atoms with Crippen LogP contribution in [0.15, 0.2) is 66.7 Å². The van der Waals surface area contributed by atoms with Crippen LogP contribution in [0.1, 0.15) is 46.4 Å². The number of methoxy groups -OCH3 is 1. The van der Waals surface area contributed by atoms with Gasteiger partial charge < -0.3 is 19.5 Å². The number of amides is 1. The fraction of sp³-hybridized carbons (Fsp3) is 0.378. The highest BCUT2D eigenvalue weighted by Crippen LogP contribution is 2.31. The maximum atomic E-state index is 13.5. The number of sulfone groups is 1. The number of halogens is 1. The SMILES string of the molecule is COc1ccc2c(c1)c(CC(=O)OCCS(=O)(=O)CC(=O)NCCCOc1cccc(CN3CCCC3)c1)c(C)n2C(=O)c1ccc(Cl)cc1. The first-order valence-electron chi connectivity index (χ1n) is 16.6. The lowest BCUT2D eigenvalue weighted by atomic mass is 10.1. The van der Waals surface area contributed by atoms with E-state index in [0.29, 0.717) is 51.5 Å². The van der Waals surface area contributed by atoms with E-state index in [2.05, 4.69) is 16.3 Å². The van der Waals surface area contributed by atoms with Gasteiger partial charge in [-0.15, -0.1) is 0 Å². The minimum absolute atomic E-state index is 0.207. The van der Waals surface area contributed by atoms with Gasteiger partial charge in [0.15, 0.2) is 9.84 Å². The lowest BCUT2D eigenvalue weighted by Crippen LogP contribution is -2.33. The normalized spacial score (nSPS) is 13.3. The number of ether oxygens (including phenoxy) is 3. The molecule has 1 N–H and O–H groups in total. The van der Waals surface area contributed by atoms with Gasteiger partial charge in [-0.05, 0) is 105 Å². The lowest BCUT2D eigenvalue weighted by molar-refractivity contribution is -0.142. The first-order valence-corrected chi connectivity index (χ1v) is 18.8. The molecule has 2 heterocycles. The van der Waals surface area contributed by atoms with Crippen molar-refractivity contribution in [3.05, 3.63) is 94.1 Å².